The fourth-order valence-corrected chi connectivity index (χ4v) is 5.37. The number of carbonyl (C=O) groups excluding carboxylic acids is 1. The van der Waals surface area contributed by atoms with Gasteiger partial charge in [0.25, 0.3) is 0 Å². The van der Waals surface area contributed by atoms with Crippen molar-refractivity contribution < 1.29 is 4.79 Å². The Balaban J connectivity index is 0.00000320. The molecule has 1 saturated heterocycles. The number of halogens is 1. The minimum absolute atomic E-state index is 0. The van der Waals surface area contributed by atoms with E-state index in [1.165, 1.54) is 24.0 Å². The van der Waals surface area contributed by atoms with Gasteiger partial charge in [-0.3, -0.25) is 4.79 Å². The summed E-state index contributed by atoms with van der Waals surface area (Å²) in [7, 11) is 0. The summed E-state index contributed by atoms with van der Waals surface area (Å²) in [5.74, 6) is 0.720. The summed E-state index contributed by atoms with van der Waals surface area (Å²) in [6.45, 7) is 5.73. The van der Waals surface area contributed by atoms with Crippen LogP contribution in [-0.2, 0) is 11.3 Å². The zero-order valence-corrected chi connectivity index (χ0v) is 22.2. The predicted molar refractivity (Wildman–Crippen MR) is 151 cm³/mol. The molecule has 0 spiro atoms. The van der Waals surface area contributed by atoms with Crippen LogP contribution in [0.25, 0.3) is 11.0 Å². The van der Waals surface area contributed by atoms with E-state index in [0.717, 1.165) is 54.8 Å². The molecule has 194 valence electrons. The van der Waals surface area contributed by atoms with Crippen LogP contribution in [0.15, 0.2) is 73.3 Å². The zero-order chi connectivity index (χ0) is 24.7. The van der Waals surface area contributed by atoms with Crippen LogP contribution < -0.4 is 10.6 Å². The first kappa shape index (κ1) is 26.8. The number of carbonyl (C=O) groups is 1. The Kier molecular flexibility index (Phi) is 9.31. The standard InChI is InChI=1S/C30H35N5O.ClH/c1-22-6-5-9-25(16-22)26(17-29(36)33-15-12-23-10-13-31-14-11-23)28-20-35(19-24-7-3-2-4-8-24)30-27(28)18-32-21-34-30;/h2-9,16,18,20-21,23,26,31H,10-15,17,19H2,1H3,(H,33,36);1H. The number of fused-ring (bicyclic) bond motifs is 1. The van der Waals surface area contributed by atoms with Crippen molar-refractivity contribution in [2.24, 2.45) is 5.92 Å². The zero-order valence-electron chi connectivity index (χ0n) is 21.4. The molecule has 0 aliphatic carbocycles. The van der Waals surface area contributed by atoms with Crippen molar-refractivity contribution in [3.63, 3.8) is 0 Å². The largest absolute Gasteiger partial charge is 0.356 e. The number of hydrogen-bond acceptors (Lipinski definition) is 4. The predicted octanol–water partition coefficient (Wildman–Crippen LogP) is 5.24. The van der Waals surface area contributed by atoms with Gasteiger partial charge in [-0.05, 0) is 61.9 Å². The summed E-state index contributed by atoms with van der Waals surface area (Å²) in [5.41, 5.74) is 5.54. The van der Waals surface area contributed by atoms with Crippen molar-refractivity contribution in [1.29, 1.82) is 0 Å². The van der Waals surface area contributed by atoms with Gasteiger partial charge in [0, 0.05) is 43.2 Å². The van der Waals surface area contributed by atoms with Gasteiger partial charge in [0.2, 0.25) is 5.91 Å². The topological polar surface area (TPSA) is 71.8 Å². The number of piperidine rings is 1. The molecular weight excluding hydrogens is 482 g/mol. The highest BCUT2D eigenvalue weighted by Crippen LogP contribution is 2.34. The summed E-state index contributed by atoms with van der Waals surface area (Å²) in [5, 5.41) is 7.63. The Hall–Kier alpha value is -3.22. The van der Waals surface area contributed by atoms with Gasteiger partial charge in [0.1, 0.15) is 12.0 Å². The lowest BCUT2D eigenvalue weighted by atomic mass is 9.87. The highest BCUT2D eigenvalue weighted by atomic mass is 35.5. The van der Waals surface area contributed by atoms with Crippen LogP contribution in [0.4, 0.5) is 0 Å². The van der Waals surface area contributed by atoms with Crippen molar-refractivity contribution in [2.45, 2.75) is 45.1 Å². The maximum absolute atomic E-state index is 13.2. The molecule has 1 amide bonds. The second kappa shape index (κ2) is 12.8. The molecule has 1 unspecified atom stereocenters. The number of nitrogens with one attached hydrogen (secondary N) is 2. The molecule has 37 heavy (non-hydrogen) atoms. The Morgan fingerprint density at radius 1 is 1.14 bits per heavy atom. The van der Waals surface area contributed by atoms with E-state index in [-0.39, 0.29) is 24.2 Å². The Morgan fingerprint density at radius 3 is 2.73 bits per heavy atom. The SMILES string of the molecule is Cc1cccc(C(CC(=O)NCCC2CCNCC2)c2cn(Cc3ccccc3)c3ncncc23)c1.Cl. The van der Waals surface area contributed by atoms with E-state index in [1.54, 1.807) is 6.33 Å². The average molecular weight is 518 g/mol. The molecule has 0 radical (unpaired) electrons. The molecule has 0 bridgehead atoms. The number of amides is 1. The Bertz CT molecular complexity index is 1300. The molecule has 0 saturated carbocycles. The maximum atomic E-state index is 13.2. The maximum Gasteiger partial charge on any atom is 0.220 e. The summed E-state index contributed by atoms with van der Waals surface area (Å²) in [4.78, 5) is 22.2. The third kappa shape index (κ3) is 6.76. The highest BCUT2D eigenvalue weighted by molar-refractivity contribution is 5.85. The molecule has 1 aliphatic heterocycles. The number of hydrogen-bond donors (Lipinski definition) is 2. The molecule has 1 fully saturated rings. The van der Waals surface area contributed by atoms with Crippen LogP contribution in [0.3, 0.4) is 0 Å². The monoisotopic (exact) mass is 517 g/mol. The number of aromatic nitrogens is 3. The van der Waals surface area contributed by atoms with Gasteiger partial charge in [-0.1, -0.05) is 60.2 Å². The van der Waals surface area contributed by atoms with Crippen LogP contribution in [0.2, 0.25) is 0 Å². The second-order valence-corrected chi connectivity index (χ2v) is 9.96. The third-order valence-electron chi connectivity index (χ3n) is 7.31. The molecule has 4 aromatic rings. The summed E-state index contributed by atoms with van der Waals surface area (Å²) in [6, 6.07) is 18.9. The van der Waals surface area contributed by atoms with Gasteiger partial charge in [-0.25, -0.2) is 9.97 Å². The lowest BCUT2D eigenvalue weighted by Gasteiger charge is -2.23. The van der Waals surface area contributed by atoms with Crippen LogP contribution in [0.1, 0.15) is 53.9 Å². The minimum atomic E-state index is -0.0747. The quantitative estimate of drug-likeness (QED) is 0.318. The lowest BCUT2D eigenvalue weighted by Crippen LogP contribution is -2.31. The molecule has 5 rings (SSSR count). The van der Waals surface area contributed by atoms with Gasteiger partial charge in [-0.2, -0.15) is 0 Å². The molecule has 1 aliphatic rings. The molecule has 7 heteroatoms. The van der Waals surface area contributed by atoms with E-state index in [1.807, 2.05) is 12.3 Å². The number of benzene rings is 2. The summed E-state index contributed by atoms with van der Waals surface area (Å²) < 4.78 is 2.18. The molecule has 1 atom stereocenters. The summed E-state index contributed by atoms with van der Waals surface area (Å²) >= 11 is 0. The highest BCUT2D eigenvalue weighted by Gasteiger charge is 2.24. The fraction of sp³-hybridized carbons (Fsp3) is 0.367. The number of rotatable bonds is 9. The molecular formula is C30H36ClN5O. The molecule has 3 heterocycles. The van der Waals surface area contributed by atoms with E-state index in [0.29, 0.717) is 12.3 Å². The van der Waals surface area contributed by atoms with E-state index < -0.39 is 0 Å². The minimum Gasteiger partial charge on any atom is -0.356 e. The second-order valence-electron chi connectivity index (χ2n) is 9.96. The van der Waals surface area contributed by atoms with E-state index in [4.69, 9.17) is 0 Å². The van der Waals surface area contributed by atoms with Gasteiger partial charge >= 0.3 is 0 Å². The van der Waals surface area contributed by atoms with Crippen molar-refractivity contribution in [3.05, 3.63) is 95.6 Å². The van der Waals surface area contributed by atoms with Crippen LogP contribution in [-0.4, -0.2) is 40.1 Å². The molecule has 2 N–H and O–H groups in total. The normalized spacial score (nSPS) is 14.7. The van der Waals surface area contributed by atoms with Crippen molar-refractivity contribution in [3.8, 4) is 0 Å². The molecule has 6 nitrogen and oxygen atoms in total. The van der Waals surface area contributed by atoms with Crippen molar-refractivity contribution >= 4 is 29.3 Å². The molecule has 2 aromatic heterocycles. The number of nitrogens with zero attached hydrogens (tertiary/aromatic N) is 3. The van der Waals surface area contributed by atoms with Crippen molar-refractivity contribution in [2.75, 3.05) is 19.6 Å². The first-order valence-corrected chi connectivity index (χ1v) is 13.0. The first-order chi connectivity index (χ1) is 17.7. The Morgan fingerprint density at radius 2 is 1.95 bits per heavy atom. The first-order valence-electron chi connectivity index (χ1n) is 13.0. The Labute approximate surface area is 225 Å². The van der Waals surface area contributed by atoms with E-state index in [9.17, 15) is 4.79 Å². The lowest BCUT2D eigenvalue weighted by molar-refractivity contribution is -0.121. The number of aryl methyl sites for hydroxylation is 1. The van der Waals surface area contributed by atoms with Crippen LogP contribution in [0, 0.1) is 12.8 Å². The average Bonchev–Trinajstić information content (AvgIpc) is 3.26. The van der Waals surface area contributed by atoms with Crippen molar-refractivity contribution in [1.82, 2.24) is 25.2 Å². The van der Waals surface area contributed by atoms with Gasteiger partial charge in [0.05, 0.1) is 0 Å². The van der Waals surface area contributed by atoms with Gasteiger partial charge in [0.15, 0.2) is 0 Å². The smallest absolute Gasteiger partial charge is 0.220 e. The molecule has 2 aromatic carbocycles. The van der Waals surface area contributed by atoms with E-state index >= 15 is 0 Å². The summed E-state index contributed by atoms with van der Waals surface area (Å²) in [6.07, 6.45) is 9.49. The fourth-order valence-electron chi connectivity index (χ4n) is 5.37. The van der Waals surface area contributed by atoms with Gasteiger partial charge < -0.3 is 15.2 Å². The third-order valence-corrected chi connectivity index (χ3v) is 7.31. The van der Waals surface area contributed by atoms with Crippen LogP contribution in [0.5, 0.6) is 0 Å². The van der Waals surface area contributed by atoms with Gasteiger partial charge in [-0.15, -0.1) is 12.4 Å². The van der Waals surface area contributed by atoms with E-state index in [2.05, 4.69) is 86.8 Å². The van der Waals surface area contributed by atoms with Crippen LogP contribution >= 0.6 is 12.4 Å².